The van der Waals surface area contributed by atoms with E-state index in [4.69, 9.17) is 9.99 Å². The molecule has 2 aliphatic rings. The number of ether oxygens (including phenoxy) is 1. The first kappa shape index (κ1) is 22.5. The first-order valence-corrected chi connectivity index (χ1v) is 12.8. The number of hydrogen-bond acceptors (Lipinski definition) is 7. The lowest BCUT2D eigenvalue weighted by molar-refractivity contribution is -0.253. The van der Waals surface area contributed by atoms with Gasteiger partial charge in [0.15, 0.2) is 0 Å². The van der Waals surface area contributed by atoms with Crippen LogP contribution >= 0.6 is 11.3 Å². The summed E-state index contributed by atoms with van der Waals surface area (Å²) in [5.41, 5.74) is 4.27. The fraction of sp³-hybridized carbons (Fsp3) is 0.462. The van der Waals surface area contributed by atoms with Crippen LogP contribution in [0.4, 0.5) is 5.69 Å². The predicted molar refractivity (Wildman–Crippen MR) is 131 cm³/mol. The topological polar surface area (TPSA) is 67.7 Å². The largest absolute Gasteiger partial charge is 0.375 e. The quantitative estimate of drug-likeness (QED) is 0.332. The van der Waals surface area contributed by atoms with Crippen LogP contribution in [0.25, 0.3) is 21.1 Å². The molecule has 6 nitrogen and oxygen atoms in total. The Morgan fingerprint density at radius 2 is 1.36 bits per heavy atom. The van der Waals surface area contributed by atoms with Gasteiger partial charge in [-0.3, -0.25) is 5.26 Å². The maximum Gasteiger partial charge on any atom is 0.148 e. The lowest BCUT2D eigenvalue weighted by Crippen LogP contribution is -2.38. The van der Waals surface area contributed by atoms with Crippen LogP contribution in [0.1, 0.15) is 50.5 Å². The van der Waals surface area contributed by atoms with Gasteiger partial charge in [0, 0.05) is 29.9 Å². The zero-order valence-corrected chi connectivity index (χ0v) is 19.7. The van der Waals surface area contributed by atoms with Gasteiger partial charge in [-0.1, -0.05) is 54.9 Å². The molecule has 0 radical (unpaired) electrons. The summed E-state index contributed by atoms with van der Waals surface area (Å²) < 4.78 is 6.39. The predicted octanol–water partition coefficient (Wildman–Crippen LogP) is 6.18. The second-order valence-electron chi connectivity index (χ2n) is 9.01. The maximum atomic E-state index is 8.58. The molecule has 33 heavy (non-hydrogen) atoms. The van der Waals surface area contributed by atoms with Crippen LogP contribution in [-0.4, -0.2) is 40.8 Å². The molecule has 1 aromatic heterocycles. The second kappa shape index (κ2) is 10.7. The summed E-state index contributed by atoms with van der Waals surface area (Å²) in [6, 6.07) is 16.5. The maximum absolute atomic E-state index is 8.58. The molecular weight excluding hydrogens is 434 g/mol. The standard InChI is InChI=1S/C26H31N3O3S/c30-31-18-19-6-8-20(9-7-19)25-27-28-26(33-25)21-10-12-22(13-11-21)29-16-14-24(15-17-29)32-23-4-2-1-3-5-23/h6-13,23-24,30H,1-5,14-18H2. The van der Waals surface area contributed by atoms with Crippen LogP contribution in [0.5, 0.6) is 0 Å². The van der Waals surface area contributed by atoms with Gasteiger partial charge in [-0.15, -0.1) is 10.2 Å². The van der Waals surface area contributed by atoms with Gasteiger partial charge < -0.3 is 9.64 Å². The van der Waals surface area contributed by atoms with Crippen molar-refractivity contribution in [1.82, 2.24) is 10.2 Å². The number of piperidine rings is 1. The molecular formula is C26H31N3O3S. The average molecular weight is 466 g/mol. The van der Waals surface area contributed by atoms with E-state index in [1.54, 1.807) is 11.3 Å². The summed E-state index contributed by atoms with van der Waals surface area (Å²) in [4.78, 5) is 6.66. The first-order chi connectivity index (χ1) is 16.3. The highest BCUT2D eigenvalue weighted by Gasteiger charge is 2.24. The Hall–Kier alpha value is -2.32. The van der Waals surface area contributed by atoms with Crippen molar-refractivity contribution in [1.29, 1.82) is 0 Å². The molecule has 2 heterocycles. The Bertz CT molecular complexity index is 1010. The Morgan fingerprint density at radius 1 is 0.788 bits per heavy atom. The minimum Gasteiger partial charge on any atom is -0.375 e. The molecule has 5 rings (SSSR count). The fourth-order valence-electron chi connectivity index (χ4n) is 4.81. The third-order valence-corrected chi connectivity index (χ3v) is 7.74. The van der Waals surface area contributed by atoms with Crippen LogP contribution < -0.4 is 4.90 Å². The minimum absolute atomic E-state index is 0.180. The van der Waals surface area contributed by atoms with Crippen LogP contribution in [0, 0.1) is 0 Å². The van der Waals surface area contributed by atoms with Gasteiger partial charge in [0.25, 0.3) is 0 Å². The van der Waals surface area contributed by atoms with Gasteiger partial charge >= 0.3 is 0 Å². The van der Waals surface area contributed by atoms with Gasteiger partial charge in [-0.2, -0.15) is 0 Å². The number of anilines is 1. The highest BCUT2D eigenvalue weighted by Crippen LogP contribution is 2.32. The highest BCUT2D eigenvalue weighted by atomic mass is 32.1. The van der Waals surface area contributed by atoms with E-state index in [2.05, 4.69) is 44.3 Å². The number of aromatic nitrogens is 2. The van der Waals surface area contributed by atoms with Crippen molar-refractivity contribution in [2.45, 2.75) is 63.8 Å². The molecule has 1 saturated heterocycles. The molecule has 0 atom stereocenters. The van der Waals surface area contributed by atoms with Crippen molar-refractivity contribution < 1.29 is 14.9 Å². The summed E-state index contributed by atoms with van der Waals surface area (Å²) in [6.07, 6.45) is 9.69. The normalized spacial score (nSPS) is 18.0. The van der Waals surface area contributed by atoms with Gasteiger partial charge in [0.05, 0.1) is 12.2 Å². The first-order valence-electron chi connectivity index (χ1n) is 12.0. The second-order valence-corrected chi connectivity index (χ2v) is 9.99. The summed E-state index contributed by atoms with van der Waals surface area (Å²) in [7, 11) is 0. The molecule has 1 saturated carbocycles. The molecule has 3 aromatic rings. The lowest BCUT2D eigenvalue weighted by Gasteiger charge is -2.36. The third-order valence-electron chi connectivity index (χ3n) is 6.72. The Labute approximate surface area is 199 Å². The zero-order valence-electron chi connectivity index (χ0n) is 18.9. The monoisotopic (exact) mass is 465 g/mol. The summed E-state index contributed by atoms with van der Waals surface area (Å²) in [5.74, 6) is 0. The molecule has 1 aliphatic carbocycles. The van der Waals surface area contributed by atoms with E-state index in [9.17, 15) is 0 Å². The molecule has 1 N–H and O–H groups in total. The Balaban J connectivity index is 1.17. The number of hydrogen-bond donors (Lipinski definition) is 1. The fourth-order valence-corrected chi connectivity index (χ4v) is 5.67. The van der Waals surface area contributed by atoms with E-state index in [1.165, 1.54) is 37.8 Å². The van der Waals surface area contributed by atoms with E-state index < -0.39 is 0 Å². The Morgan fingerprint density at radius 3 is 1.97 bits per heavy atom. The molecule has 1 aliphatic heterocycles. The van der Waals surface area contributed by atoms with Gasteiger partial charge in [0.2, 0.25) is 0 Å². The smallest absolute Gasteiger partial charge is 0.148 e. The molecule has 0 unspecified atom stereocenters. The van der Waals surface area contributed by atoms with E-state index in [-0.39, 0.29) is 6.61 Å². The zero-order chi connectivity index (χ0) is 22.5. The van der Waals surface area contributed by atoms with Gasteiger partial charge in [-0.25, -0.2) is 4.89 Å². The van der Waals surface area contributed by atoms with E-state index >= 15 is 0 Å². The van der Waals surface area contributed by atoms with Crippen molar-refractivity contribution in [2.24, 2.45) is 0 Å². The van der Waals surface area contributed by atoms with Crippen LogP contribution in [0.15, 0.2) is 48.5 Å². The summed E-state index contributed by atoms with van der Waals surface area (Å²) in [6.45, 7) is 2.28. The van der Waals surface area contributed by atoms with Crippen molar-refractivity contribution >= 4 is 17.0 Å². The molecule has 2 aromatic carbocycles. The van der Waals surface area contributed by atoms with Gasteiger partial charge in [0.1, 0.15) is 16.6 Å². The minimum atomic E-state index is 0.180. The molecule has 2 fully saturated rings. The number of rotatable bonds is 7. The van der Waals surface area contributed by atoms with Crippen LogP contribution in [0.2, 0.25) is 0 Å². The Kier molecular flexibility index (Phi) is 7.31. The van der Waals surface area contributed by atoms with Crippen molar-refractivity contribution in [3.63, 3.8) is 0 Å². The number of nitrogens with zero attached hydrogens (tertiary/aromatic N) is 3. The SMILES string of the molecule is OOCc1ccc(-c2nnc(-c3ccc(N4CCC(OC5CCCCC5)CC4)cc3)s2)cc1. The van der Waals surface area contributed by atoms with Crippen molar-refractivity contribution in [2.75, 3.05) is 18.0 Å². The van der Waals surface area contributed by atoms with Crippen LogP contribution in [-0.2, 0) is 16.2 Å². The highest BCUT2D eigenvalue weighted by molar-refractivity contribution is 7.17. The molecule has 7 heteroatoms. The molecule has 0 amide bonds. The summed E-state index contributed by atoms with van der Waals surface area (Å²) >= 11 is 1.58. The lowest BCUT2D eigenvalue weighted by atomic mass is 9.97. The summed E-state index contributed by atoms with van der Waals surface area (Å²) in [5, 5.41) is 19.2. The number of benzene rings is 2. The molecule has 0 bridgehead atoms. The van der Waals surface area contributed by atoms with Gasteiger partial charge in [-0.05, 0) is 55.5 Å². The van der Waals surface area contributed by atoms with E-state index in [0.717, 1.165) is 52.6 Å². The van der Waals surface area contributed by atoms with E-state index in [1.807, 2.05) is 24.3 Å². The molecule has 0 spiro atoms. The average Bonchev–Trinajstić information content (AvgIpc) is 3.36. The third kappa shape index (κ3) is 5.61. The molecule has 174 valence electrons. The van der Waals surface area contributed by atoms with E-state index in [0.29, 0.717) is 12.2 Å². The van der Waals surface area contributed by atoms with Crippen molar-refractivity contribution in [3.8, 4) is 21.1 Å². The van der Waals surface area contributed by atoms with Crippen LogP contribution in [0.3, 0.4) is 0 Å². The van der Waals surface area contributed by atoms with Crippen molar-refractivity contribution in [3.05, 3.63) is 54.1 Å².